The van der Waals surface area contributed by atoms with Gasteiger partial charge in [0, 0.05) is 18.3 Å². The lowest BCUT2D eigenvalue weighted by Gasteiger charge is -2.09. The first-order valence-electron chi connectivity index (χ1n) is 7.88. The molecule has 0 radical (unpaired) electrons. The van der Waals surface area contributed by atoms with Crippen molar-refractivity contribution in [2.24, 2.45) is 0 Å². The molecule has 26 heavy (non-hydrogen) atoms. The van der Waals surface area contributed by atoms with E-state index in [1.54, 1.807) is 42.5 Å². The summed E-state index contributed by atoms with van der Waals surface area (Å²) in [6, 6.07) is 11.6. The maximum Gasteiger partial charge on any atom is 0.338 e. The van der Waals surface area contributed by atoms with Gasteiger partial charge >= 0.3 is 5.97 Å². The summed E-state index contributed by atoms with van der Waals surface area (Å²) in [7, 11) is 1.51. The number of aryl methyl sites for hydroxylation is 1. The minimum atomic E-state index is -0.620. The molecule has 2 aromatic rings. The quantitative estimate of drug-likeness (QED) is 0.776. The van der Waals surface area contributed by atoms with Gasteiger partial charge in [0.05, 0.1) is 12.7 Å². The third-order valence-corrected chi connectivity index (χ3v) is 3.44. The van der Waals surface area contributed by atoms with Gasteiger partial charge in [-0.2, -0.15) is 0 Å². The molecule has 0 heterocycles. The van der Waals surface area contributed by atoms with Gasteiger partial charge in [-0.1, -0.05) is 12.1 Å². The Labute approximate surface area is 151 Å². The SMILES string of the molecule is COc1cc(C(=O)OCC(=O)Nc2cccc(NC(C)=O)c2)ccc1C. The van der Waals surface area contributed by atoms with Crippen molar-refractivity contribution in [2.75, 3.05) is 24.4 Å². The fraction of sp³-hybridized carbons (Fsp3) is 0.211. The van der Waals surface area contributed by atoms with Crippen LogP contribution in [0.1, 0.15) is 22.8 Å². The summed E-state index contributed by atoms with van der Waals surface area (Å²) < 4.78 is 10.2. The lowest BCUT2D eigenvalue weighted by atomic mass is 10.1. The van der Waals surface area contributed by atoms with Gasteiger partial charge in [-0.15, -0.1) is 0 Å². The molecular weight excluding hydrogens is 336 g/mol. The van der Waals surface area contributed by atoms with Crippen LogP contribution in [0, 0.1) is 6.92 Å². The number of nitrogens with one attached hydrogen (secondary N) is 2. The predicted molar refractivity (Wildman–Crippen MR) is 97.4 cm³/mol. The first kappa shape index (κ1) is 19.0. The minimum Gasteiger partial charge on any atom is -0.496 e. The van der Waals surface area contributed by atoms with E-state index in [2.05, 4.69) is 10.6 Å². The zero-order valence-electron chi connectivity index (χ0n) is 14.8. The van der Waals surface area contributed by atoms with Crippen molar-refractivity contribution in [1.29, 1.82) is 0 Å². The van der Waals surface area contributed by atoms with Crippen LogP contribution in [0.15, 0.2) is 42.5 Å². The molecule has 0 aliphatic carbocycles. The predicted octanol–water partition coefficient (Wildman–Crippen LogP) is 2.76. The van der Waals surface area contributed by atoms with E-state index in [9.17, 15) is 14.4 Å². The van der Waals surface area contributed by atoms with Gasteiger partial charge in [-0.3, -0.25) is 9.59 Å². The molecule has 7 heteroatoms. The van der Waals surface area contributed by atoms with Gasteiger partial charge in [0.1, 0.15) is 5.75 Å². The number of ether oxygens (including phenoxy) is 2. The third kappa shape index (κ3) is 5.34. The van der Waals surface area contributed by atoms with E-state index in [0.717, 1.165) is 5.56 Å². The summed E-state index contributed by atoms with van der Waals surface area (Å²) in [6.45, 7) is 2.82. The van der Waals surface area contributed by atoms with E-state index >= 15 is 0 Å². The number of rotatable bonds is 6. The molecule has 0 fully saturated rings. The van der Waals surface area contributed by atoms with E-state index in [1.165, 1.54) is 14.0 Å². The van der Waals surface area contributed by atoms with E-state index in [4.69, 9.17) is 9.47 Å². The molecule has 0 unspecified atom stereocenters. The van der Waals surface area contributed by atoms with Crippen LogP contribution in [-0.2, 0) is 14.3 Å². The number of benzene rings is 2. The molecule has 2 N–H and O–H groups in total. The molecular formula is C19H20N2O5. The summed E-state index contributed by atoms with van der Waals surface area (Å²) in [5, 5.41) is 5.22. The first-order valence-corrected chi connectivity index (χ1v) is 7.88. The van der Waals surface area contributed by atoms with Crippen LogP contribution in [0.3, 0.4) is 0 Å². The average molecular weight is 356 g/mol. The molecule has 0 saturated carbocycles. The molecule has 0 aliphatic heterocycles. The Hall–Kier alpha value is -3.35. The Balaban J connectivity index is 1.92. The van der Waals surface area contributed by atoms with E-state index in [0.29, 0.717) is 22.7 Å². The van der Waals surface area contributed by atoms with Crippen molar-refractivity contribution in [3.8, 4) is 5.75 Å². The average Bonchev–Trinajstić information content (AvgIpc) is 2.59. The lowest BCUT2D eigenvalue weighted by molar-refractivity contribution is -0.119. The summed E-state index contributed by atoms with van der Waals surface area (Å²) in [6.07, 6.45) is 0. The van der Waals surface area contributed by atoms with Crippen LogP contribution in [0.2, 0.25) is 0 Å². The minimum absolute atomic E-state index is 0.212. The van der Waals surface area contributed by atoms with Crippen LogP contribution in [0.5, 0.6) is 5.75 Å². The highest BCUT2D eigenvalue weighted by Gasteiger charge is 2.12. The summed E-state index contributed by atoms with van der Waals surface area (Å²) in [5.74, 6) is -0.752. The molecule has 0 atom stereocenters. The topological polar surface area (TPSA) is 93.7 Å². The molecule has 0 aromatic heterocycles. The van der Waals surface area contributed by atoms with Gasteiger partial charge in [0.2, 0.25) is 5.91 Å². The fourth-order valence-electron chi connectivity index (χ4n) is 2.24. The largest absolute Gasteiger partial charge is 0.496 e. The number of amides is 2. The van der Waals surface area contributed by atoms with Gasteiger partial charge < -0.3 is 20.1 Å². The fourth-order valence-corrected chi connectivity index (χ4v) is 2.24. The van der Waals surface area contributed by atoms with Gasteiger partial charge in [0.15, 0.2) is 6.61 Å². The summed E-state index contributed by atoms with van der Waals surface area (Å²) in [4.78, 5) is 35.1. The Kier molecular flexibility index (Phi) is 6.32. The molecule has 136 valence electrons. The first-order chi connectivity index (χ1) is 12.4. The number of carbonyl (C=O) groups is 3. The smallest absolute Gasteiger partial charge is 0.338 e. The Bertz CT molecular complexity index is 832. The third-order valence-electron chi connectivity index (χ3n) is 3.44. The number of anilines is 2. The van der Waals surface area contributed by atoms with Crippen molar-refractivity contribution in [2.45, 2.75) is 13.8 Å². The number of hydrogen-bond donors (Lipinski definition) is 2. The maximum atomic E-state index is 12.1. The van der Waals surface area contributed by atoms with Crippen LogP contribution in [-0.4, -0.2) is 31.5 Å². The Morgan fingerprint density at radius 3 is 2.35 bits per heavy atom. The van der Waals surface area contributed by atoms with Crippen molar-refractivity contribution in [3.05, 3.63) is 53.6 Å². The highest BCUT2D eigenvalue weighted by Crippen LogP contribution is 2.19. The summed E-state index contributed by atoms with van der Waals surface area (Å²) in [5.41, 5.74) is 2.22. The molecule has 0 saturated heterocycles. The van der Waals surface area contributed by atoms with Crippen molar-refractivity contribution >= 4 is 29.2 Å². The van der Waals surface area contributed by atoms with Crippen molar-refractivity contribution in [1.82, 2.24) is 0 Å². The van der Waals surface area contributed by atoms with E-state index in [1.807, 2.05) is 6.92 Å². The number of hydrogen-bond acceptors (Lipinski definition) is 5. The molecule has 0 bridgehead atoms. The normalized spacial score (nSPS) is 9.96. The lowest BCUT2D eigenvalue weighted by Crippen LogP contribution is -2.21. The zero-order chi connectivity index (χ0) is 19.1. The molecule has 0 spiro atoms. The zero-order valence-corrected chi connectivity index (χ0v) is 14.8. The standard InChI is InChI=1S/C19H20N2O5/c1-12-7-8-14(9-17(12)25-3)19(24)26-11-18(23)21-16-6-4-5-15(10-16)20-13(2)22/h4-10H,11H2,1-3H3,(H,20,22)(H,21,23). The number of methoxy groups -OCH3 is 1. The van der Waals surface area contributed by atoms with Crippen LogP contribution < -0.4 is 15.4 Å². The number of esters is 1. The molecule has 7 nitrogen and oxygen atoms in total. The monoisotopic (exact) mass is 356 g/mol. The molecule has 2 amide bonds. The molecule has 2 rings (SSSR count). The van der Waals surface area contributed by atoms with Crippen LogP contribution in [0.4, 0.5) is 11.4 Å². The second-order valence-electron chi connectivity index (χ2n) is 5.57. The number of carbonyl (C=O) groups excluding carboxylic acids is 3. The van der Waals surface area contributed by atoms with Gasteiger partial charge in [0.25, 0.3) is 5.91 Å². The van der Waals surface area contributed by atoms with E-state index < -0.39 is 18.5 Å². The second kappa shape index (κ2) is 8.66. The Morgan fingerprint density at radius 2 is 1.69 bits per heavy atom. The van der Waals surface area contributed by atoms with Crippen molar-refractivity contribution in [3.63, 3.8) is 0 Å². The Morgan fingerprint density at radius 1 is 1.00 bits per heavy atom. The molecule has 0 aliphatic rings. The molecule has 2 aromatic carbocycles. The van der Waals surface area contributed by atoms with E-state index in [-0.39, 0.29) is 5.91 Å². The van der Waals surface area contributed by atoms with Gasteiger partial charge in [-0.25, -0.2) is 4.79 Å². The van der Waals surface area contributed by atoms with Gasteiger partial charge in [-0.05, 0) is 42.8 Å². The highest BCUT2D eigenvalue weighted by molar-refractivity contribution is 5.96. The van der Waals surface area contributed by atoms with Crippen molar-refractivity contribution < 1.29 is 23.9 Å². The van der Waals surface area contributed by atoms with Crippen LogP contribution >= 0.6 is 0 Å². The second-order valence-corrected chi connectivity index (χ2v) is 5.57. The van der Waals surface area contributed by atoms with Crippen LogP contribution in [0.25, 0.3) is 0 Å². The summed E-state index contributed by atoms with van der Waals surface area (Å²) >= 11 is 0. The highest BCUT2D eigenvalue weighted by atomic mass is 16.5. The maximum absolute atomic E-state index is 12.1.